The summed E-state index contributed by atoms with van der Waals surface area (Å²) in [6.45, 7) is 4.24. The van der Waals surface area contributed by atoms with Gasteiger partial charge in [0.2, 0.25) is 58.9 Å². The van der Waals surface area contributed by atoms with Gasteiger partial charge in [0, 0.05) is 19.0 Å². The van der Waals surface area contributed by atoms with Crippen molar-refractivity contribution in [2.45, 2.75) is 183 Å². The minimum Gasteiger partial charge on any atom is -0.391 e. The zero-order valence-corrected chi connectivity index (χ0v) is 48.0. The number of carbonyl (C=O) groups is 11. The quantitative estimate of drug-likeness (QED) is 0.0485. The maximum atomic E-state index is 14.5. The topological polar surface area (TPSA) is 503 Å². The fourth-order valence-corrected chi connectivity index (χ4v) is 9.25. The van der Waals surface area contributed by atoms with Crippen LogP contribution in [0.4, 0.5) is 4.79 Å². The average Bonchev–Trinajstić information content (AvgIpc) is 3.56. The SMILES string of the molecule is CC[C@H](C)[C@@H]1NC(=O)[C@@H](Cc2ccccc2)NC(=O)[C@H](CCN)NC(=O)[C@@H](NC(=O)[C@H](CCN)NC(=O)[C@@H](NC(=O)[C@H](CCN)NC(=O)NC2CCCCC2)[C@@H](C)O)CCNC(=O)[C@](C)(O)NC(=O)[C@H](CCN)NC(=O)[C@H](CCN)NC1=O. The molecule has 24 N–H and O–H groups in total. The Bertz CT molecular complexity index is 2330. The highest BCUT2D eigenvalue weighted by molar-refractivity contribution is 5.99. The van der Waals surface area contributed by atoms with E-state index in [9.17, 15) is 63.0 Å². The lowest BCUT2D eigenvalue weighted by Gasteiger charge is -2.30. The van der Waals surface area contributed by atoms with Gasteiger partial charge in [0.05, 0.1) is 6.10 Å². The largest absolute Gasteiger partial charge is 0.391 e. The standard InChI is InChI=1S/C53H91N17O13/c1-5-29(2)40-49(79)64-34(17-23-55)42(72)62-37(20-26-58)48(78)70-53(4,83)51(81)59-27-21-38(45(75)61-33(16-22-54)44(74)66-39(47(77)68-40)28-31-12-8-6-9-13-31)63-43(73)35(18-24-56)65-50(80)41(30(3)71)69-46(76)36(19-25-57)67-52(82)60-32-14-10-7-11-15-32/h6,8-9,12-13,29-30,32-41,71,83H,5,7,10-11,14-28,54-58H2,1-4H3,(H,59,81)(H,61,75)(H,62,72)(H,63,73)(H,64,79)(H,65,80)(H,66,74)(H,68,77)(H,69,76)(H,70,78)(H2,60,67,82)/t29-,30+,33-,34-,35-,36-,37-,38-,39+,40-,41-,53-/m0/s1. The van der Waals surface area contributed by atoms with Gasteiger partial charge >= 0.3 is 6.03 Å². The van der Waals surface area contributed by atoms with Crippen molar-refractivity contribution in [3.8, 4) is 0 Å². The van der Waals surface area contributed by atoms with Crippen LogP contribution in [0.3, 0.4) is 0 Å². The summed E-state index contributed by atoms with van der Waals surface area (Å²) in [6.07, 6.45) is 1.63. The van der Waals surface area contributed by atoms with Gasteiger partial charge in [-0.2, -0.15) is 0 Å². The summed E-state index contributed by atoms with van der Waals surface area (Å²) in [5.74, 6) is -10.4. The van der Waals surface area contributed by atoms with E-state index in [1.165, 1.54) is 6.92 Å². The van der Waals surface area contributed by atoms with Gasteiger partial charge in [0.15, 0.2) is 0 Å². The Morgan fingerprint density at radius 2 is 1.13 bits per heavy atom. The normalized spacial score (nSPS) is 24.9. The van der Waals surface area contributed by atoms with Crippen LogP contribution in [0.15, 0.2) is 30.3 Å². The number of carbonyl (C=O) groups excluding carboxylic acids is 11. The molecule has 30 heteroatoms. The van der Waals surface area contributed by atoms with E-state index in [1.54, 1.807) is 44.2 Å². The molecule has 2 aliphatic rings. The molecule has 3 rings (SSSR count). The molecular weight excluding hydrogens is 1080 g/mol. The third-order valence-electron chi connectivity index (χ3n) is 14.3. The van der Waals surface area contributed by atoms with E-state index in [4.69, 9.17) is 28.7 Å². The van der Waals surface area contributed by atoms with Crippen molar-refractivity contribution in [1.29, 1.82) is 0 Å². The van der Waals surface area contributed by atoms with Crippen LogP contribution in [-0.4, -0.2) is 187 Å². The summed E-state index contributed by atoms with van der Waals surface area (Å²) in [5, 5.41) is 52.4. The monoisotopic (exact) mass is 1170 g/mol. The second-order valence-corrected chi connectivity index (χ2v) is 21.2. The number of benzene rings is 1. The summed E-state index contributed by atoms with van der Waals surface area (Å²) in [6, 6.07) is -5.52. The van der Waals surface area contributed by atoms with Crippen molar-refractivity contribution in [1.82, 2.24) is 63.8 Å². The second-order valence-electron chi connectivity index (χ2n) is 21.2. The van der Waals surface area contributed by atoms with Crippen molar-refractivity contribution in [2.24, 2.45) is 34.6 Å². The Labute approximate surface area is 483 Å². The first-order chi connectivity index (χ1) is 39.4. The smallest absolute Gasteiger partial charge is 0.315 e. The maximum absolute atomic E-state index is 14.5. The van der Waals surface area contributed by atoms with Crippen LogP contribution in [0.2, 0.25) is 0 Å². The van der Waals surface area contributed by atoms with Gasteiger partial charge < -0.3 is 103 Å². The van der Waals surface area contributed by atoms with Gasteiger partial charge in [-0.1, -0.05) is 69.9 Å². The Balaban J connectivity index is 2.06. The second kappa shape index (κ2) is 35.8. The number of rotatable bonds is 23. The number of hydrogen-bond donors (Lipinski definition) is 19. The van der Waals surface area contributed by atoms with Gasteiger partial charge in [-0.3, -0.25) is 47.9 Å². The fraction of sp³-hybridized carbons (Fsp3) is 0.679. The lowest BCUT2D eigenvalue weighted by Crippen LogP contribution is -2.63. The predicted molar refractivity (Wildman–Crippen MR) is 304 cm³/mol. The highest BCUT2D eigenvalue weighted by Crippen LogP contribution is 2.18. The molecule has 83 heavy (non-hydrogen) atoms. The minimum atomic E-state index is -2.70. The van der Waals surface area contributed by atoms with Crippen LogP contribution >= 0.6 is 0 Å². The molecule has 0 bridgehead atoms. The van der Waals surface area contributed by atoms with Crippen molar-refractivity contribution < 1.29 is 63.0 Å². The molecule has 12 atom stereocenters. The number of amides is 12. The number of aliphatic hydroxyl groups excluding tert-OH is 1. The Hall–Kier alpha value is -7.09. The first-order valence-electron chi connectivity index (χ1n) is 28.5. The molecule has 30 nitrogen and oxygen atoms in total. The molecule has 1 aromatic rings. The van der Waals surface area contributed by atoms with Crippen LogP contribution in [-0.2, 0) is 54.4 Å². The van der Waals surface area contributed by atoms with E-state index >= 15 is 0 Å². The molecule has 1 aliphatic heterocycles. The van der Waals surface area contributed by atoms with Crippen molar-refractivity contribution in [2.75, 3.05) is 39.3 Å². The third-order valence-corrected chi connectivity index (χ3v) is 14.3. The molecular formula is C53H91N17O13. The van der Waals surface area contributed by atoms with Gasteiger partial charge in [-0.25, -0.2) is 4.79 Å². The lowest BCUT2D eigenvalue weighted by atomic mass is 9.96. The number of nitrogens with two attached hydrogens (primary N) is 5. The molecule has 1 saturated heterocycles. The first kappa shape index (κ1) is 70.2. The van der Waals surface area contributed by atoms with Gasteiger partial charge in [0.1, 0.15) is 54.4 Å². The molecule has 0 radical (unpaired) electrons. The molecule has 0 aromatic heterocycles. The van der Waals surface area contributed by atoms with E-state index < -0.39 is 150 Å². The molecule has 0 spiro atoms. The average molecular weight is 1170 g/mol. The summed E-state index contributed by atoms with van der Waals surface area (Å²) >= 11 is 0. The highest BCUT2D eigenvalue weighted by atomic mass is 16.3. The first-order valence-corrected chi connectivity index (χ1v) is 28.5. The molecule has 2 fully saturated rings. The molecule has 466 valence electrons. The summed E-state index contributed by atoms with van der Waals surface area (Å²) in [4.78, 5) is 153. The molecule has 1 heterocycles. The van der Waals surface area contributed by atoms with Crippen molar-refractivity contribution in [3.63, 3.8) is 0 Å². The highest BCUT2D eigenvalue weighted by Gasteiger charge is 2.39. The van der Waals surface area contributed by atoms with Crippen LogP contribution in [0.5, 0.6) is 0 Å². The molecule has 0 unspecified atom stereocenters. The zero-order valence-electron chi connectivity index (χ0n) is 48.0. The number of hydrogen-bond acceptors (Lipinski definition) is 18. The van der Waals surface area contributed by atoms with Gasteiger partial charge in [-0.15, -0.1) is 0 Å². The maximum Gasteiger partial charge on any atom is 0.315 e. The van der Waals surface area contributed by atoms with Gasteiger partial charge in [-0.05, 0) is 109 Å². The predicted octanol–water partition coefficient (Wildman–Crippen LogP) is -6.38. The van der Waals surface area contributed by atoms with E-state index in [-0.39, 0.29) is 77.3 Å². The zero-order chi connectivity index (χ0) is 61.8. The van der Waals surface area contributed by atoms with E-state index in [2.05, 4.69) is 63.8 Å². The Morgan fingerprint density at radius 3 is 1.67 bits per heavy atom. The van der Waals surface area contributed by atoms with Crippen LogP contribution < -0.4 is 92.5 Å². The number of aliphatic hydroxyl groups is 2. The van der Waals surface area contributed by atoms with Crippen LogP contribution in [0, 0.1) is 5.92 Å². The van der Waals surface area contributed by atoms with Gasteiger partial charge in [0.25, 0.3) is 5.91 Å². The van der Waals surface area contributed by atoms with Crippen molar-refractivity contribution >= 4 is 65.1 Å². The fourth-order valence-electron chi connectivity index (χ4n) is 9.25. The number of urea groups is 1. The van der Waals surface area contributed by atoms with Crippen LogP contribution in [0.25, 0.3) is 0 Å². The third kappa shape index (κ3) is 23.2. The summed E-state index contributed by atoms with van der Waals surface area (Å²) < 4.78 is 0. The lowest BCUT2D eigenvalue weighted by molar-refractivity contribution is -0.148. The summed E-state index contributed by atoms with van der Waals surface area (Å²) in [5.41, 5.74) is 27.1. The summed E-state index contributed by atoms with van der Waals surface area (Å²) in [7, 11) is 0. The van der Waals surface area contributed by atoms with E-state index in [1.807, 2.05) is 0 Å². The molecule has 1 saturated carbocycles. The van der Waals surface area contributed by atoms with Crippen molar-refractivity contribution in [3.05, 3.63) is 35.9 Å². The van der Waals surface area contributed by atoms with E-state index in [0.717, 1.165) is 39.0 Å². The van der Waals surface area contributed by atoms with Crippen LogP contribution in [0.1, 0.15) is 110 Å². The van der Waals surface area contributed by atoms with E-state index in [0.29, 0.717) is 12.0 Å². The number of nitrogens with one attached hydrogen (secondary N) is 12. The molecule has 12 amide bonds. The Kier molecular flexibility index (Phi) is 30.3. The molecule has 1 aromatic carbocycles. The Morgan fingerprint density at radius 1 is 0.614 bits per heavy atom. The minimum absolute atomic E-state index is 0.0444. The molecule has 1 aliphatic carbocycles.